The molecular formula is C21H22N6O5S. The van der Waals surface area contributed by atoms with Crippen LogP contribution in [0.25, 0.3) is 0 Å². The van der Waals surface area contributed by atoms with Gasteiger partial charge in [0.05, 0.1) is 16.7 Å². The fourth-order valence-electron chi connectivity index (χ4n) is 3.03. The Morgan fingerprint density at radius 3 is 2.61 bits per heavy atom. The lowest BCUT2D eigenvalue weighted by atomic mass is 10.2. The van der Waals surface area contributed by atoms with Crippen molar-refractivity contribution < 1.29 is 19.6 Å². The number of rotatable bonds is 9. The smallest absolute Gasteiger partial charge is 0.312 e. The van der Waals surface area contributed by atoms with Crippen LogP contribution in [0.2, 0.25) is 0 Å². The molecule has 0 spiro atoms. The van der Waals surface area contributed by atoms with E-state index in [4.69, 9.17) is 0 Å². The van der Waals surface area contributed by atoms with Gasteiger partial charge in [0.15, 0.2) is 16.7 Å². The second kappa shape index (κ2) is 10.6. The van der Waals surface area contributed by atoms with Gasteiger partial charge in [0, 0.05) is 23.9 Å². The first kappa shape index (κ1) is 23.7. The fourth-order valence-corrected chi connectivity index (χ4v) is 3.84. The van der Waals surface area contributed by atoms with E-state index in [2.05, 4.69) is 20.8 Å². The Balaban J connectivity index is 1.63. The Kier molecular flexibility index (Phi) is 7.61. The monoisotopic (exact) mass is 470 g/mol. The van der Waals surface area contributed by atoms with Gasteiger partial charge in [-0.1, -0.05) is 30.0 Å². The third-order valence-electron chi connectivity index (χ3n) is 4.62. The second-order valence-corrected chi connectivity index (χ2v) is 7.89. The van der Waals surface area contributed by atoms with Crippen LogP contribution >= 0.6 is 11.8 Å². The molecule has 1 aromatic heterocycles. The molecule has 3 aromatic rings. The Morgan fingerprint density at radius 1 is 1.21 bits per heavy atom. The van der Waals surface area contributed by atoms with Gasteiger partial charge < -0.3 is 20.3 Å². The van der Waals surface area contributed by atoms with E-state index in [1.165, 1.54) is 6.07 Å². The molecule has 0 aliphatic heterocycles. The molecule has 2 amide bonds. The van der Waals surface area contributed by atoms with Crippen molar-refractivity contribution in [2.45, 2.75) is 31.6 Å². The maximum atomic E-state index is 12.4. The zero-order chi connectivity index (χ0) is 24.0. The molecule has 0 aliphatic rings. The fraction of sp³-hybridized carbons (Fsp3) is 0.238. The molecule has 0 fully saturated rings. The standard InChI is InChI=1S/C21H22N6O5S/c1-3-26-19(13(2)22-20(30)14-7-5-4-6-8-14)24-25-21(26)33-12-18(29)23-15-9-10-17(28)16(11-15)27(31)32/h4-11,13,28H,3,12H2,1-2H3,(H,22,30)(H,23,29)/t13-/m0/s1. The van der Waals surface area contributed by atoms with Gasteiger partial charge in [-0.05, 0) is 38.1 Å². The highest BCUT2D eigenvalue weighted by Gasteiger charge is 2.20. The van der Waals surface area contributed by atoms with Gasteiger partial charge >= 0.3 is 5.69 Å². The summed E-state index contributed by atoms with van der Waals surface area (Å²) in [4.78, 5) is 34.9. The average molecular weight is 471 g/mol. The first-order valence-electron chi connectivity index (χ1n) is 9.99. The SMILES string of the molecule is CCn1c(SCC(=O)Nc2ccc(O)c([N+](=O)[O-])c2)nnc1[C@H](C)NC(=O)c1ccccc1. The summed E-state index contributed by atoms with van der Waals surface area (Å²) in [6.07, 6.45) is 0. The number of nitro groups is 1. The van der Waals surface area contributed by atoms with Crippen molar-refractivity contribution in [1.29, 1.82) is 0 Å². The molecule has 3 N–H and O–H groups in total. The lowest BCUT2D eigenvalue weighted by Gasteiger charge is -2.15. The van der Waals surface area contributed by atoms with Crippen LogP contribution in [0.1, 0.15) is 36.1 Å². The zero-order valence-electron chi connectivity index (χ0n) is 17.9. The predicted molar refractivity (Wildman–Crippen MR) is 122 cm³/mol. The molecule has 0 unspecified atom stereocenters. The van der Waals surface area contributed by atoms with Gasteiger partial charge in [0.2, 0.25) is 5.91 Å². The van der Waals surface area contributed by atoms with Crippen LogP contribution in [0.15, 0.2) is 53.7 Å². The van der Waals surface area contributed by atoms with Gasteiger partial charge in [-0.25, -0.2) is 0 Å². The van der Waals surface area contributed by atoms with Crippen LogP contribution in [0.4, 0.5) is 11.4 Å². The number of thioether (sulfide) groups is 1. The number of phenolic OH excluding ortho intramolecular Hbond substituents is 1. The number of phenols is 1. The number of aromatic nitrogens is 3. The van der Waals surface area contributed by atoms with E-state index in [0.29, 0.717) is 23.1 Å². The topological polar surface area (TPSA) is 152 Å². The Labute approximate surface area is 193 Å². The van der Waals surface area contributed by atoms with Crippen LogP contribution in [-0.4, -0.2) is 42.4 Å². The van der Waals surface area contributed by atoms with Gasteiger partial charge in [0.25, 0.3) is 5.91 Å². The van der Waals surface area contributed by atoms with E-state index >= 15 is 0 Å². The van der Waals surface area contributed by atoms with Crippen LogP contribution in [-0.2, 0) is 11.3 Å². The van der Waals surface area contributed by atoms with Crippen LogP contribution in [0.5, 0.6) is 5.75 Å². The van der Waals surface area contributed by atoms with Gasteiger partial charge in [-0.3, -0.25) is 19.7 Å². The third kappa shape index (κ3) is 5.86. The molecule has 2 aromatic carbocycles. The molecule has 172 valence electrons. The quantitative estimate of drug-likeness (QED) is 0.187. The molecule has 33 heavy (non-hydrogen) atoms. The van der Waals surface area contributed by atoms with Crippen molar-refractivity contribution >= 4 is 35.0 Å². The van der Waals surface area contributed by atoms with E-state index in [1.807, 2.05) is 13.0 Å². The van der Waals surface area contributed by atoms with E-state index < -0.39 is 28.3 Å². The molecule has 1 heterocycles. The zero-order valence-corrected chi connectivity index (χ0v) is 18.7. The number of carbonyl (C=O) groups excluding carboxylic acids is 2. The maximum Gasteiger partial charge on any atom is 0.312 e. The largest absolute Gasteiger partial charge is 0.502 e. The highest BCUT2D eigenvalue weighted by atomic mass is 32.2. The molecule has 0 saturated carbocycles. The Hall–Kier alpha value is -3.93. The summed E-state index contributed by atoms with van der Waals surface area (Å²) in [6, 6.07) is 12.0. The summed E-state index contributed by atoms with van der Waals surface area (Å²) >= 11 is 1.15. The van der Waals surface area contributed by atoms with Crippen LogP contribution in [0, 0.1) is 10.1 Å². The normalized spacial score (nSPS) is 11.6. The lowest BCUT2D eigenvalue weighted by Crippen LogP contribution is -2.28. The van der Waals surface area contributed by atoms with Gasteiger partial charge in [-0.2, -0.15) is 0 Å². The molecule has 0 bridgehead atoms. The average Bonchev–Trinajstić information content (AvgIpc) is 3.22. The molecule has 3 rings (SSSR count). The molecule has 0 saturated heterocycles. The Bertz CT molecular complexity index is 1170. The molecule has 0 aliphatic carbocycles. The molecule has 11 nitrogen and oxygen atoms in total. The molecular weight excluding hydrogens is 448 g/mol. The summed E-state index contributed by atoms with van der Waals surface area (Å²) in [5, 5.41) is 34.7. The van der Waals surface area contributed by atoms with Crippen molar-refractivity contribution in [1.82, 2.24) is 20.1 Å². The minimum Gasteiger partial charge on any atom is -0.502 e. The molecule has 1 atom stereocenters. The maximum absolute atomic E-state index is 12.4. The van der Waals surface area contributed by atoms with Crippen molar-refractivity contribution in [2.24, 2.45) is 0 Å². The summed E-state index contributed by atoms with van der Waals surface area (Å²) < 4.78 is 1.80. The summed E-state index contributed by atoms with van der Waals surface area (Å²) in [5.74, 6) is -0.580. The number of anilines is 1. The van der Waals surface area contributed by atoms with Crippen LogP contribution < -0.4 is 10.6 Å². The van der Waals surface area contributed by atoms with Crippen molar-refractivity contribution in [3.63, 3.8) is 0 Å². The minimum absolute atomic E-state index is 0.0163. The number of aromatic hydroxyl groups is 1. The van der Waals surface area contributed by atoms with E-state index in [0.717, 1.165) is 23.9 Å². The van der Waals surface area contributed by atoms with Gasteiger partial charge in [-0.15, -0.1) is 10.2 Å². The number of nitrogens with one attached hydrogen (secondary N) is 2. The summed E-state index contributed by atoms with van der Waals surface area (Å²) in [7, 11) is 0. The molecule has 0 radical (unpaired) electrons. The number of hydrogen-bond acceptors (Lipinski definition) is 8. The van der Waals surface area contributed by atoms with Crippen molar-refractivity contribution in [2.75, 3.05) is 11.1 Å². The van der Waals surface area contributed by atoms with Gasteiger partial charge in [0.1, 0.15) is 0 Å². The number of amides is 2. The van der Waals surface area contributed by atoms with E-state index in [9.17, 15) is 24.8 Å². The number of benzene rings is 2. The van der Waals surface area contributed by atoms with E-state index in [1.54, 1.807) is 35.8 Å². The highest BCUT2D eigenvalue weighted by molar-refractivity contribution is 7.99. The number of carbonyl (C=O) groups is 2. The number of nitrogens with zero attached hydrogens (tertiary/aromatic N) is 4. The van der Waals surface area contributed by atoms with Crippen molar-refractivity contribution in [3.05, 3.63) is 70.0 Å². The first-order chi connectivity index (χ1) is 15.8. The van der Waals surface area contributed by atoms with Crippen molar-refractivity contribution in [3.8, 4) is 5.75 Å². The highest BCUT2D eigenvalue weighted by Crippen LogP contribution is 2.29. The molecule has 12 heteroatoms. The third-order valence-corrected chi connectivity index (χ3v) is 5.59. The minimum atomic E-state index is -0.733. The first-order valence-corrected chi connectivity index (χ1v) is 11.0. The van der Waals surface area contributed by atoms with Crippen LogP contribution in [0.3, 0.4) is 0 Å². The summed E-state index contributed by atoms with van der Waals surface area (Å²) in [6.45, 7) is 4.23. The second-order valence-electron chi connectivity index (χ2n) is 6.94. The predicted octanol–water partition coefficient (Wildman–Crippen LogP) is 3.13. The lowest BCUT2D eigenvalue weighted by molar-refractivity contribution is -0.385. The summed E-state index contributed by atoms with van der Waals surface area (Å²) in [5.41, 5.74) is 0.231. The van der Waals surface area contributed by atoms with E-state index in [-0.39, 0.29) is 17.3 Å². The Morgan fingerprint density at radius 2 is 1.94 bits per heavy atom. The number of nitro benzene ring substituents is 1. The number of hydrogen-bond donors (Lipinski definition) is 3.